The Morgan fingerprint density at radius 3 is 1.89 bits per heavy atom. The fourth-order valence-electron chi connectivity index (χ4n) is 0.283. The zero-order valence-electron chi connectivity index (χ0n) is 5.04. The summed E-state index contributed by atoms with van der Waals surface area (Å²) in [4.78, 5) is 16.3. The molecule has 0 atom stereocenters. The molecule has 0 aliphatic carbocycles. The molecular weight excluding hydrogens is 166 g/mol. The maximum Gasteiger partial charge on any atom is 0.471 e. The molecule has 0 saturated carbocycles. The van der Waals surface area contributed by atoms with E-state index in [0.717, 1.165) is 0 Å². The summed E-state index contributed by atoms with van der Waals surface area (Å²) < 4.78 is 14.1. The van der Waals surface area contributed by atoms with E-state index in [9.17, 15) is 4.57 Å². The molecule has 2 N–H and O–H groups in total. The van der Waals surface area contributed by atoms with Crippen molar-refractivity contribution < 1.29 is 18.9 Å². The summed E-state index contributed by atoms with van der Waals surface area (Å²) in [6, 6.07) is 0. The van der Waals surface area contributed by atoms with Crippen molar-refractivity contribution in [1.29, 1.82) is 0 Å². The zero-order valence-corrected chi connectivity index (χ0v) is 6.69. The Labute approximate surface area is 58.0 Å². The Hall–Kier alpha value is 0.400. The van der Waals surface area contributed by atoms with Gasteiger partial charge >= 0.3 is 7.82 Å². The fourth-order valence-corrected chi connectivity index (χ4v) is 1.12. The van der Waals surface area contributed by atoms with Crippen molar-refractivity contribution in [2.75, 3.05) is 0 Å². The molecule has 0 fully saturated rings. The van der Waals surface area contributed by atoms with Crippen molar-refractivity contribution in [3.8, 4) is 0 Å². The van der Waals surface area contributed by atoms with Crippen LogP contribution in [-0.2, 0) is 9.09 Å². The lowest BCUT2D eigenvalue weighted by Crippen LogP contribution is -2.13. The second kappa shape index (κ2) is 2.56. The van der Waals surface area contributed by atoms with Crippen molar-refractivity contribution in [3.63, 3.8) is 0 Å². The maximum atomic E-state index is 10.0. The van der Waals surface area contributed by atoms with Gasteiger partial charge in [-0.05, 0) is 13.8 Å². The van der Waals surface area contributed by atoms with E-state index in [0.29, 0.717) is 0 Å². The lowest BCUT2D eigenvalue weighted by Gasteiger charge is -2.16. The van der Waals surface area contributed by atoms with E-state index in [4.69, 9.17) is 21.4 Å². The number of phosphoric ester groups is 1. The summed E-state index contributed by atoms with van der Waals surface area (Å²) in [5, 5.41) is -1.31. The van der Waals surface area contributed by atoms with Crippen LogP contribution in [0.15, 0.2) is 0 Å². The Bertz CT molecular complexity index is 133. The number of alkyl halides is 1. The van der Waals surface area contributed by atoms with Crippen LogP contribution in [0.3, 0.4) is 0 Å². The maximum absolute atomic E-state index is 10.0. The Morgan fingerprint density at radius 1 is 1.56 bits per heavy atom. The zero-order chi connectivity index (χ0) is 7.71. The molecule has 0 radical (unpaired) electrons. The van der Waals surface area contributed by atoms with Crippen LogP contribution in [0.2, 0.25) is 0 Å². The summed E-state index contributed by atoms with van der Waals surface area (Å²) in [5.41, 5.74) is 0. The van der Waals surface area contributed by atoms with Gasteiger partial charge in [0.25, 0.3) is 0 Å². The summed E-state index contributed by atoms with van der Waals surface area (Å²) in [7, 11) is -4.42. The van der Waals surface area contributed by atoms with E-state index in [1.807, 2.05) is 0 Å². The minimum absolute atomic E-state index is 1.31. The van der Waals surface area contributed by atoms with E-state index >= 15 is 0 Å². The molecular formula is C3H8ClO4P. The second-order valence-corrected chi connectivity index (χ2v) is 4.02. The van der Waals surface area contributed by atoms with Gasteiger partial charge in [-0.1, -0.05) is 11.6 Å². The molecule has 0 aliphatic rings. The van der Waals surface area contributed by atoms with Crippen molar-refractivity contribution in [2.45, 2.75) is 18.9 Å². The van der Waals surface area contributed by atoms with Gasteiger partial charge in [0, 0.05) is 0 Å². The molecule has 6 heteroatoms. The predicted octanol–water partition coefficient (Wildman–Crippen LogP) is 1.07. The normalized spacial score (nSPS) is 13.9. The predicted molar refractivity (Wildman–Crippen MR) is 33.1 cm³/mol. The first-order valence-corrected chi connectivity index (χ1v) is 4.07. The number of rotatable bonds is 2. The number of hydrogen-bond acceptors (Lipinski definition) is 2. The third-order valence-electron chi connectivity index (χ3n) is 0.336. The first kappa shape index (κ1) is 9.40. The topological polar surface area (TPSA) is 66.8 Å². The molecule has 9 heavy (non-hydrogen) atoms. The van der Waals surface area contributed by atoms with Crippen molar-refractivity contribution in [3.05, 3.63) is 0 Å². The number of phosphoric acid groups is 1. The Kier molecular flexibility index (Phi) is 2.68. The van der Waals surface area contributed by atoms with E-state index in [-0.39, 0.29) is 0 Å². The summed E-state index contributed by atoms with van der Waals surface area (Å²) in [6.07, 6.45) is 0. The molecule has 56 valence electrons. The highest BCUT2D eigenvalue weighted by Crippen LogP contribution is 2.42. The minimum Gasteiger partial charge on any atom is -0.303 e. The molecule has 0 aromatic heterocycles. The summed E-state index contributed by atoms with van der Waals surface area (Å²) >= 11 is 5.30. The molecule has 0 bridgehead atoms. The van der Waals surface area contributed by atoms with Crippen molar-refractivity contribution in [2.24, 2.45) is 0 Å². The van der Waals surface area contributed by atoms with Gasteiger partial charge < -0.3 is 9.79 Å². The highest BCUT2D eigenvalue weighted by Gasteiger charge is 2.25. The van der Waals surface area contributed by atoms with Crippen LogP contribution in [0.4, 0.5) is 0 Å². The average Bonchev–Trinajstić information content (AvgIpc) is 1.14. The highest BCUT2D eigenvalue weighted by atomic mass is 35.5. The highest BCUT2D eigenvalue weighted by molar-refractivity contribution is 7.46. The van der Waals surface area contributed by atoms with E-state index in [1.54, 1.807) is 0 Å². The standard InChI is InChI=1S/C3H8ClO4P/c1-3(2,4)8-9(5,6)7/h1-2H3,(H2,5,6,7). The van der Waals surface area contributed by atoms with Crippen LogP contribution < -0.4 is 0 Å². The molecule has 0 amide bonds. The van der Waals surface area contributed by atoms with Crippen LogP contribution in [0.25, 0.3) is 0 Å². The molecule has 0 aromatic carbocycles. The molecule has 0 aliphatic heterocycles. The molecule has 0 unspecified atom stereocenters. The molecule has 0 rings (SSSR count). The van der Waals surface area contributed by atoms with Gasteiger partial charge in [0.05, 0.1) is 0 Å². The number of hydrogen-bond donors (Lipinski definition) is 2. The van der Waals surface area contributed by atoms with Gasteiger partial charge in [0.1, 0.15) is 5.06 Å². The third-order valence-corrected chi connectivity index (χ3v) is 1.22. The second-order valence-electron chi connectivity index (χ2n) is 1.95. The van der Waals surface area contributed by atoms with Gasteiger partial charge in [0.15, 0.2) is 0 Å². The summed E-state index contributed by atoms with van der Waals surface area (Å²) in [6.45, 7) is 2.68. The first-order chi connectivity index (χ1) is 3.71. The van der Waals surface area contributed by atoms with Crippen LogP contribution in [0.1, 0.15) is 13.8 Å². The molecule has 0 spiro atoms. The smallest absolute Gasteiger partial charge is 0.303 e. The van der Waals surface area contributed by atoms with Crippen LogP contribution in [0.5, 0.6) is 0 Å². The van der Waals surface area contributed by atoms with Gasteiger partial charge in [-0.2, -0.15) is 0 Å². The first-order valence-electron chi connectivity index (χ1n) is 2.16. The lowest BCUT2D eigenvalue weighted by molar-refractivity contribution is 0.129. The monoisotopic (exact) mass is 174 g/mol. The lowest BCUT2D eigenvalue weighted by atomic mass is 10.5. The quantitative estimate of drug-likeness (QED) is 0.486. The molecule has 4 nitrogen and oxygen atoms in total. The fraction of sp³-hybridized carbons (Fsp3) is 1.00. The third kappa shape index (κ3) is 8.40. The molecule has 0 aromatic rings. The average molecular weight is 175 g/mol. The minimum atomic E-state index is -4.42. The Balaban J connectivity index is 3.90. The van der Waals surface area contributed by atoms with Crippen LogP contribution in [0, 0.1) is 0 Å². The number of halogens is 1. The van der Waals surface area contributed by atoms with E-state index in [1.165, 1.54) is 13.8 Å². The van der Waals surface area contributed by atoms with Crippen molar-refractivity contribution >= 4 is 19.4 Å². The molecule has 0 heterocycles. The Morgan fingerprint density at radius 2 is 1.89 bits per heavy atom. The van der Waals surface area contributed by atoms with Crippen LogP contribution in [-0.4, -0.2) is 14.8 Å². The van der Waals surface area contributed by atoms with Gasteiger partial charge in [0.2, 0.25) is 0 Å². The van der Waals surface area contributed by atoms with Gasteiger partial charge in [-0.15, -0.1) is 0 Å². The van der Waals surface area contributed by atoms with Gasteiger partial charge in [-0.3, -0.25) is 4.52 Å². The van der Waals surface area contributed by atoms with E-state index in [2.05, 4.69) is 4.52 Å². The van der Waals surface area contributed by atoms with Crippen molar-refractivity contribution in [1.82, 2.24) is 0 Å². The SMILES string of the molecule is CC(C)(Cl)OP(=O)(O)O. The van der Waals surface area contributed by atoms with Crippen LogP contribution >= 0.6 is 19.4 Å². The van der Waals surface area contributed by atoms with Gasteiger partial charge in [-0.25, -0.2) is 4.57 Å². The molecule has 0 saturated heterocycles. The van der Waals surface area contributed by atoms with E-state index < -0.39 is 12.9 Å². The largest absolute Gasteiger partial charge is 0.471 e. The summed E-state index contributed by atoms with van der Waals surface area (Å²) in [5.74, 6) is 0.